The summed E-state index contributed by atoms with van der Waals surface area (Å²) in [7, 11) is 0. The Morgan fingerprint density at radius 3 is 2.85 bits per heavy atom. The average molecular weight is 386 g/mol. The fourth-order valence-corrected chi connectivity index (χ4v) is 3.44. The predicted molar refractivity (Wildman–Crippen MR) is 107 cm³/mol. The molecule has 0 radical (unpaired) electrons. The van der Waals surface area contributed by atoms with Gasteiger partial charge in [0.1, 0.15) is 0 Å². The van der Waals surface area contributed by atoms with Crippen molar-refractivity contribution in [2.24, 2.45) is 0 Å². The van der Waals surface area contributed by atoms with E-state index in [9.17, 15) is 9.59 Å². The molecule has 1 heterocycles. The van der Waals surface area contributed by atoms with Crippen LogP contribution in [0.5, 0.6) is 0 Å². The summed E-state index contributed by atoms with van der Waals surface area (Å²) >= 11 is 7.12. The van der Waals surface area contributed by atoms with Crippen LogP contribution in [0, 0.1) is 0 Å². The van der Waals surface area contributed by atoms with Crippen LogP contribution < -0.4 is 10.9 Å². The van der Waals surface area contributed by atoms with Gasteiger partial charge in [0.25, 0.3) is 5.56 Å². The van der Waals surface area contributed by atoms with Gasteiger partial charge >= 0.3 is 0 Å². The number of hydrogen-bond donors (Lipinski definition) is 1. The Morgan fingerprint density at radius 1 is 1.27 bits per heavy atom. The second-order valence-corrected chi connectivity index (χ2v) is 6.84. The second kappa shape index (κ2) is 8.21. The maximum Gasteiger partial charge on any atom is 0.262 e. The molecule has 0 bridgehead atoms. The quantitative estimate of drug-likeness (QED) is 0.396. The number of carbonyl (C=O) groups excluding carboxylic acids is 1. The number of nitrogens with one attached hydrogen (secondary N) is 1. The summed E-state index contributed by atoms with van der Waals surface area (Å²) in [5.74, 6) is -0.0844. The van der Waals surface area contributed by atoms with Crippen molar-refractivity contribution in [3.05, 3.63) is 76.6 Å². The van der Waals surface area contributed by atoms with Crippen LogP contribution in [0.15, 0.2) is 71.1 Å². The molecule has 0 atom stereocenters. The van der Waals surface area contributed by atoms with Crippen LogP contribution >= 0.6 is 23.4 Å². The van der Waals surface area contributed by atoms with E-state index in [1.807, 2.05) is 6.07 Å². The second-order valence-electron chi connectivity index (χ2n) is 5.46. The maximum atomic E-state index is 12.7. The zero-order chi connectivity index (χ0) is 18.5. The smallest absolute Gasteiger partial charge is 0.262 e. The Labute approximate surface area is 159 Å². The van der Waals surface area contributed by atoms with E-state index in [0.717, 1.165) is 0 Å². The fourth-order valence-electron chi connectivity index (χ4n) is 2.44. The fraction of sp³-hybridized carbons (Fsp3) is 0.105. The molecule has 0 spiro atoms. The van der Waals surface area contributed by atoms with Crippen LogP contribution in [-0.2, 0) is 11.3 Å². The van der Waals surface area contributed by atoms with Crippen molar-refractivity contribution in [2.45, 2.75) is 11.7 Å². The monoisotopic (exact) mass is 385 g/mol. The number of allylic oxidation sites excluding steroid dienone is 1. The van der Waals surface area contributed by atoms with E-state index in [1.165, 1.54) is 16.3 Å². The number of rotatable bonds is 6. The summed E-state index contributed by atoms with van der Waals surface area (Å²) < 4.78 is 1.52. The molecule has 1 N–H and O–H groups in total. The molecule has 26 heavy (non-hydrogen) atoms. The van der Waals surface area contributed by atoms with E-state index in [2.05, 4.69) is 16.9 Å². The van der Waals surface area contributed by atoms with Crippen LogP contribution in [0.25, 0.3) is 10.9 Å². The SMILES string of the molecule is C=CCn1c(SCC(=O)Nc2cccc(Cl)c2)nc2ccccc2c1=O. The number of aromatic nitrogens is 2. The molecule has 1 amide bonds. The van der Waals surface area contributed by atoms with Gasteiger partial charge in [0.2, 0.25) is 5.91 Å². The van der Waals surface area contributed by atoms with Gasteiger partial charge in [-0.2, -0.15) is 0 Å². The molecule has 5 nitrogen and oxygen atoms in total. The Bertz CT molecular complexity index is 1030. The summed E-state index contributed by atoms with van der Waals surface area (Å²) in [5.41, 5.74) is 1.09. The number of para-hydroxylation sites is 1. The number of hydrogen-bond acceptors (Lipinski definition) is 4. The minimum atomic E-state index is -0.204. The third-order valence-electron chi connectivity index (χ3n) is 3.58. The van der Waals surface area contributed by atoms with E-state index >= 15 is 0 Å². The Morgan fingerprint density at radius 2 is 2.08 bits per heavy atom. The highest BCUT2D eigenvalue weighted by Gasteiger charge is 2.12. The molecule has 0 aliphatic rings. The van der Waals surface area contributed by atoms with Gasteiger partial charge in [0.15, 0.2) is 5.16 Å². The van der Waals surface area contributed by atoms with Crippen LogP contribution in [0.3, 0.4) is 0 Å². The minimum absolute atomic E-state index is 0.119. The number of fused-ring (bicyclic) bond motifs is 1. The first-order valence-corrected chi connectivity index (χ1v) is 9.23. The van der Waals surface area contributed by atoms with Crippen LogP contribution in [0.2, 0.25) is 5.02 Å². The van der Waals surface area contributed by atoms with Gasteiger partial charge in [-0.15, -0.1) is 6.58 Å². The molecule has 0 saturated heterocycles. The first-order chi connectivity index (χ1) is 12.6. The van der Waals surface area contributed by atoms with Crippen molar-refractivity contribution in [1.82, 2.24) is 9.55 Å². The molecule has 0 fully saturated rings. The Hall–Kier alpha value is -2.57. The van der Waals surface area contributed by atoms with Crippen molar-refractivity contribution in [3.63, 3.8) is 0 Å². The van der Waals surface area contributed by atoms with Crippen molar-refractivity contribution >= 4 is 45.9 Å². The summed E-state index contributed by atoms with van der Waals surface area (Å²) in [4.78, 5) is 29.4. The lowest BCUT2D eigenvalue weighted by atomic mass is 10.2. The third kappa shape index (κ3) is 4.15. The summed E-state index contributed by atoms with van der Waals surface area (Å²) in [6.45, 7) is 4.02. The van der Waals surface area contributed by atoms with E-state index in [0.29, 0.717) is 33.3 Å². The first-order valence-electron chi connectivity index (χ1n) is 7.87. The van der Waals surface area contributed by atoms with Gasteiger partial charge in [-0.1, -0.05) is 47.6 Å². The van der Waals surface area contributed by atoms with Crippen molar-refractivity contribution < 1.29 is 4.79 Å². The lowest BCUT2D eigenvalue weighted by Gasteiger charge is -2.11. The highest BCUT2D eigenvalue weighted by molar-refractivity contribution is 7.99. The van der Waals surface area contributed by atoms with Crippen molar-refractivity contribution in [1.29, 1.82) is 0 Å². The molecule has 132 valence electrons. The average Bonchev–Trinajstić information content (AvgIpc) is 2.63. The van der Waals surface area contributed by atoms with Gasteiger partial charge in [0.05, 0.1) is 16.7 Å². The number of amides is 1. The van der Waals surface area contributed by atoms with E-state index < -0.39 is 0 Å². The molecule has 0 unspecified atom stereocenters. The van der Waals surface area contributed by atoms with E-state index in [1.54, 1.807) is 48.5 Å². The third-order valence-corrected chi connectivity index (χ3v) is 4.79. The van der Waals surface area contributed by atoms with E-state index in [4.69, 9.17) is 11.6 Å². The molecule has 3 rings (SSSR count). The zero-order valence-electron chi connectivity index (χ0n) is 13.8. The van der Waals surface area contributed by atoms with Crippen LogP contribution in [-0.4, -0.2) is 21.2 Å². The molecule has 7 heteroatoms. The van der Waals surface area contributed by atoms with Crippen molar-refractivity contribution in [3.8, 4) is 0 Å². The number of halogens is 1. The maximum absolute atomic E-state index is 12.7. The standard InChI is InChI=1S/C19H16ClN3O2S/c1-2-10-23-18(25)15-8-3-4-9-16(15)22-19(23)26-12-17(24)21-14-7-5-6-13(20)11-14/h2-9,11H,1,10,12H2,(H,21,24). The number of carbonyl (C=O) groups is 1. The lowest BCUT2D eigenvalue weighted by Crippen LogP contribution is -2.23. The van der Waals surface area contributed by atoms with Crippen LogP contribution in [0.1, 0.15) is 0 Å². The molecular formula is C19H16ClN3O2S. The summed E-state index contributed by atoms with van der Waals surface area (Å²) in [6.07, 6.45) is 1.63. The van der Waals surface area contributed by atoms with E-state index in [-0.39, 0.29) is 17.2 Å². The molecule has 0 aliphatic heterocycles. The number of benzene rings is 2. The largest absolute Gasteiger partial charge is 0.325 e. The highest BCUT2D eigenvalue weighted by atomic mass is 35.5. The van der Waals surface area contributed by atoms with Gasteiger partial charge in [0, 0.05) is 17.3 Å². The number of anilines is 1. The lowest BCUT2D eigenvalue weighted by molar-refractivity contribution is -0.113. The van der Waals surface area contributed by atoms with Crippen LogP contribution in [0.4, 0.5) is 5.69 Å². The normalized spacial score (nSPS) is 10.7. The van der Waals surface area contributed by atoms with Gasteiger partial charge in [-0.3, -0.25) is 14.2 Å². The zero-order valence-corrected chi connectivity index (χ0v) is 15.4. The first kappa shape index (κ1) is 18.2. The predicted octanol–water partition coefficient (Wildman–Crippen LogP) is 3.97. The minimum Gasteiger partial charge on any atom is -0.325 e. The molecule has 0 aliphatic carbocycles. The Balaban J connectivity index is 1.81. The van der Waals surface area contributed by atoms with Gasteiger partial charge in [-0.25, -0.2) is 4.98 Å². The van der Waals surface area contributed by atoms with Gasteiger partial charge in [-0.05, 0) is 30.3 Å². The molecule has 0 saturated carbocycles. The number of thioether (sulfide) groups is 1. The number of nitrogens with zero attached hydrogens (tertiary/aromatic N) is 2. The molecule has 3 aromatic rings. The summed E-state index contributed by atoms with van der Waals surface area (Å²) in [5, 5.41) is 4.35. The molecule has 1 aromatic heterocycles. The topological polar surface area (TPSA) is 64.0 Å². The van der Waals surface area contributed by atoms with Gasteiger partial charge < -0.3 is 5.32 Å². The van der Waals surface area contributed by atoms with Crippen molar-refractivity contribution in [2.75, 3.05) is 11.1 Å². The highest BCUT2D eigenvalue weighted by Crippen LogP contribution is 2.19. The summed E-state index contributed by atoms with van der Waals surface area (Å²) in [6, 6.07) is 14.1. The molecular weight excluding hydrogens is 370 g/mol. The molecule has 2 aromatic carbocycles. The Kier molecular flexibility index (Phi) is 5.75.